The normalized spacial score (nSPS) is 16.2. The highest BCUT2D eigenvalue weighted by Gasteiger charge is 2.41. The lowest BCUT2D eigenvalue weighted by Gasteiger charge is -2.32. The number of aliphatic hydroxyl groups excluding tert-OH is 1. The number of carbonyl (C=O) groups is 2. The quantitative estimate of drug-likeness (QED) is 0.499. The number of aromatic nitrogens is 1. The highest BCUT2D eigenvalue weighted by molar-refractivity contribution is 6.34. The maximum atomic E-state index is 13.7. The second-order valence-electron chi connectivity index (χ2n) is 9.47. The van der Waals surface area contributed by atoms with Crippen LogP contribution in [0.1, 0.15) is 37.9 Å². The van der Waals surface area contributed by atoms with Crippen LogP contribution in [0.2, 0.25) is 5.02 Å². The zero-order valence-corrected chi connectivity index (χ0v) is 24.1. The molecule has 1 N–H and O–H groups in total. The third-order valence-corrected chi connectivity index (χ3v) is 6.42. The summed E-state index contributed by atoms with van der Waals surface area (Å²) in [6.45, 7) is 6.06. The number of halogens is 4. The molecule has 1 aromatic carbocycles. The highest BCUT2D eigenvalue weighted by Crippen LogP contribution is 2.38. The molecule has 2 unspecified atom stereocenters. The van der Waals surface area contributed by atoms with Gasteiger partial charge in [0.25, 0.3) is 0 Å². The van der Waals surface area contributed by atoms with E-state index in [4.69, 9.17) is 11.6 Å². The summed E-state index contributed by atoms with van der Waals surface area (Å²) in [5, 5.41) is 10.8. The molecule has 1 aliphatic rings. The number of carbonyl (C=O) groups excluding carboxylic acids is 2. The molecule has 1 fully saturated rings. The van der Waals surface area contributed by atoms with Gasteiger partial charge in [0.05, 0.1) is 28.1 Å². The Morgan fingerprint density at radius 1 is 1.18 bits per heavy atom. The van der Waals surface area contributed by atoms with Crippen LogP contribution < -0.4 is 14.7 Å². The molecule has 39 heavy (non-hydrogen) atoms. The molecule has 0 bridgehead atoms. The Morgan fingerprint density at radius 3 is 2.41 bits per heavy atom. The molecule has 3 rings (SSSR count). The average molecular weight is 572 g/mol. The van der Waals surface area contributed by atoms with Crippen molar-refractivity contribution in [3.63, 3.8) is 0 Å². The molecule has 0 spiro atoms. The van der Waals surface area contributed by atoms with Gasteiger partial charge in [0, 0.05) is 39.3 Å². The van der Waals surface area contributed by atoms with Gasteiger partial charge in [-0.15, -0.1) is 0 Å². The fourth-order valence-corrected chi connectivity index (χ4v) is 4.84. The Kier molecular flexibility index (Phi) is 11.1. The van der Waals surface area contributed by atoms with Crippen molar-refractivity contribution in [3.05, 3.63) is 46.6 Å². The number of aliphatic hydroxyl groups is 1. The number of likely N-dealkylation sites (N-methyl/N-ethyl adjacent to an activating group) is 3. The van der Waals surface area contributed by atoms with Gasteiger partial charge in [0.15, 0.2) is 0 Å². The Morgan fingerprint density at radius 2 is 1.82 bits per heavy atom. The zero-order valence-electron chi connectivity index (χ0n) is 23.4. The van der Waals surface area contributed by atoms with Crippen LogP contribution in [0.4, 0.5) is 30.4 Å². The first-order chi connectivity index (χ1) is 18.2. The van der Waals surface area contributed by atoms with Gasteiger partial charge in [-0.25, -0.2) is 4.98 Å². The van der Waals surface area contributed by atoms with Crippen LogP contribution >= 0.6 is 11.6 Å². The largest absolute Gasteiger partial charge is 0.416 e. The van der Waals surface area contributed by atoms with Crippen LogP contribution in [0.25, 0.3) is 0 Å². The first-order valence-corrected chi connectivity index (χ1v) is 13.1. The van der Waals surface area contributed by atoms with E-state index in [1.54, 1.807) is 30.1 Å². The minimum atomic E-state index is -4.63. The molecule has 8 nitrogen and oxygen atoms in total. The number of amides is 2. The zero-order chi connectivity index (χ0) is 29.7. The molecule has 12 heteroatoms. The van der Waals surface area contributed by atoms with Crippen LogP contribution in [0.15, 0.2) is 30.3 Å². The molecule has 1 aliphatic heterocycles. The van der Waals surface area contributed by atoms with E-state index in [9.17, 15) is 27.9 Å². The second kappa shape index (κ2) is 13.5. The molecular formula is C27H37ClF3N5O3. The van der Waals surface area contributed by atoms with Crippen molar-refractivity contribution in [2.75, 3.05) is 56.0 Å². The number of alkyl halides is 3. The minimum absolute atomic E-state index is 0.000251. The van der Waals surface area contributed by atoms with E-state index in [0.29, 0.717) is 22.9 Å². The Hall–Kier alpha value is -2.89. The van der Waals surface area contributed by atoms with Crippen LogP contribution in [-0.4, -0.2) is 80.2 Å². The van der Waals surface area contributed by atoms with E-state index < -0.39 is 35.7 Å². The molecule has 0 saturated carbocycles. The SMILES string of the molecule is CC.Cc1cc(C(F)(F)F)cc(N2C(=O)CCC2C(=O)N(C)c2cccc(Cl)c2N(C)CC(O)CN(C)C)n1. The Bertz CT molecular complexity index is 1160. The number of rotatable bonds is 8. The number of hydrogen-bond acceptors (Lipinski definition) is 6. The number of benzene rings is 1. The summed E-state index contributed by atoms with van der Waals surface area (Å²) in [6.07, 6.45) is -5.19. The third-order valence-electron chi connectivity index (χ3n) is 6.11. The van der Waals surface area contributed by atoms with Gasteiger partial charge in [-0.3, -0.25) is 14.5 Å². The molecular weight excluding hydrogens is 535 g/mol. The van der Waals surface area contributed by atoms with E-state index in [0.717, 1.165) is 17.0 Å². The van der Waals surface area contributed by atoms with Crippen LogP contribution in [-0.2, 0) is 15.8 Å². The molecule has 1 aromatic heterocycles. The fraction of sp³-hybridized carbons (Fsp3) is 0.519. The number of nitrogens with zero attached hydrogens (tertiary/aromatic N) is 5. The predicted octanol–water partition coefficient (Wildman–Crippen LogP) is 4.61. The van der Waals surface area contributed by atoms with Crippen molar-refractivity contribution in [2.24, 2.45) is 0 Å². The van der Waals surface area contributed by atoms with Crippen molar-refractivity contribution in [3.8, 4) is 0 Å². The molecule has 2 heterocycles. The second-order valence-corrected chi connectivity index (χ2v) is 9.88. The van der Waals surface area contributed by atoms with Gasteiger partial charge in [-0.05, 0) is 51.7 Å². The van der Waals surface area contributed by atoms with E-state index in [1.807, 2.05) is 32.8 Å². The van der Waals surface area contributed by atoms with Crippen molar-refractivity contribution in [1.82, 2.24) is 9.88 Å². The summed E-state index contributed by atoms with van der Waals surface area (Å²) >= 11 is 6.49. The van der Waals surface area contributed by atoms with E-state index in [2.05, 4.69) is 4.98 Å². The summed E-state index contributed by atoms with van der Waals surface area (Å²) in [6, 6.07) is 5.66. The topological polar surface area (TPSA) is 80.2 Å². The summed E-state index contributed by atoms with van der Waals surface area (Å²) in [5.41, 5.74) is 0.0784. The Labute approximate surface area is 233 Å². The fourth-order valence-electron chi connectivity index (χ4n) is 4.52. The average Bonchev–Trinajstić information content (AvgIpc) is 3.23. The number of pyridine rings is 1. The lowest BCUT2D eigenvalue weighted by atomic mass is 10.1. The monoisotopic (exact) mass is 571 g/mol. The van der Waals surface area contributed by atoms with E-state index in [-0.39, 0.29) is 30.9 Å². The van der Waals surface area contributed by atoms with E-state index >= 15 is 0 Å². The number of anilines is 3. The van der Waals surface area contributed by atoms with Crippen LogP contribution in [0.3, 0.4) is 0 Å². The number of para-hydroxylation sites is 1. The summed E-state index contributed by atoms with van der Waals surface area (Å²) in [5.74, 6) is -1.18. The summed E-state index contributed by atoms with van der Waals surface area (Å²) in [4.78, 5) is 36.5. The lowest BCUT2D eigenvalue weighted by molar-refractivity contribution is -0.137. The van der Waals surface area contributed by atoms with Gasteiger partial charge in [0.2, 0.25) is 11.8 Å². The smallest absolute Gasteiger partial charge is 0.390 e. The highest BCUT2D eigenvalue weighted by atomic mass is 35.5. The predicted molar refractivity (Wildman–Crippen MR) is 149 cm³/mol. The maximum Gasteiger partial charge on any atom is 0.416 e. The minimum Gasteiger partial charge on any atom is -0.390 e. The standard InChI is InChI=1S/C25H31ClF3N5O3.C2H6/c1-15-11-16(25(27,28)29)12-21(30-15)34-20(9-10-22(34)36)24(37)33(5)19-8-6-7-18(26)23(19)32(4)14-17(35)13-31(2)3;1-2/h6-8,11-12,17,20,35H,9-10,13-14H2,1-5H3;1-2H3. The molecule has 2 amide bonds. The number of hydrogen-bond donors (Lipinski definition) is 1. The molecule has 1 saturated heterocycles. The molecule has 2 aromatic rings. The van der Waals surface area contributed by atoms with Crippen molar-refractivity contribution in [2.45, 2.75) is 51.9 Å². The van der Waals surface area contributed by atoms with E-state index in [1.165, 1.54) is 18.9 Å². The first kappa shape index (κ1) is 32.3. The van der Waals surface area contributed by atoms with Gasteiger partial charge >= 0.3 is 6.18 Å². The van der Waals surface area contributed by atoms with Crippen molar-refractivity contribution in [1.29, 1.82) is 0 Å². The summed E-state index contributed by atoms with van der Waals surface area (Å²) in [7, 11) is 6.94. The van der Waals surface area contributed by atoms with Crippen molar-refractivity contribution < 1.29 is 27.9 Å². The molecule has 0 radical (unpaired) electrons. The van der Waals surface area contributed by atoms with Crippen molar-refractivity contribution >= 4 is 40.6 Å². The maximum absolute atomic E-state index is 13.7. The Balaban J connectivity index is 0.00000260. The molecule has 216 valence electrons. The summed E-state index contributed by atoms with van der Waals surface area (Å²) < 4.78 is 40.2. The van der Waals surface area contributed by atoms with Crippen LogP contribution in [0, 0.1) is 6.92 Å². The van der Waals surface area contributed by atoms with Gasteiger partial charge in [-0.1, -0.05) is 31.5 Å². The van der Waals surface area contributed by atoms with Crippen LogP contribution in [0.5, 0.6) is 0 Å². The number of aryl methyl sites for hydroxylation is 1. The molecule has 2 atom stereocenters. The van der Waals surface area contributed by atoms with Gasteiger partial charge < -0.3 is 19.8 Å². The first-order valence-electron chi connectivity index (χ1n) is 12.7. The van der Waals surface area contributed by atoms with Gasteiger partial charge in [0.1, 0.15) is 11.9 Å². The molecule has 0 aliphatic carbocycles. The third kappa shape index (κ3) is 7.83. The lowest BCUT2D eigenvalue weighted by Crippen LogP contribution is -2.46. The van der Waals surface area contributed by atoms with Gasteiger partial charge in [-0.2, -0.15) is 13.2 Å².